The van der Waals surface area contributed by atoms with E-state index in [4.69, 9.17) is 0 Å². The third-order valence-corrected chi connectivity index (χ3v) is 11.6. The van der Waals surface area contributed by atoms with Crippen LogP contribution in [0.4, 0.5) is 17.1 Å². The molecule has 10 rings (SSSR count). The fraction of sp³-hybridized carbons (Fsp3) is 0.0714. The smallest absolute Gasteiger partial charge is 0.0562 e. The van der Waals surface area contributed by atoms with Gasteiger partial charge in [0.25, 0.3) is 0 Å². The fourth-order valence-electron chi connectivity index (χ4n) is 8.81. The Kier molecular flexibility index (Phi) is 8.76. The molecule has 0 radical (unpaired) electrons. The van der Waals surface area contributed by atoms with E-state index in [2.05, 4.69) is 243 Å². The first-order valence-corrected chi connectivity index (χ1v) is 20.2. The minimum Gasteiger partial charge on any atom is -0.309 e. The fourth-order valence-corrected chi connectivity index (χ4v) is 8.81. The third kappa shape index (κ3) is 6.06. The molecule has 9 aromatic carbocycles. The van der Waals surface area contributed by atoms with Crippen LogP contribution < -0.4 is 4.90 Å². The molecule has 0 unspecified atom stereocenters. The van der Waals surface area contributed by atoms with Crippen LogP contribution in [0.2, 0.25) is 0 Å². The molecule has 0 bridgehead atoms. The number of benzene rings is 9. The minimum absolute atomic E-state index is 0.0582. The zero-order chi connectivity index (χ0) is 39.2. The van der Waals surface area contributed by atoms with Crippen molar-refractivity contribution < 1.29 is 0 Å². The molecule has 1 heterocycles. The zero-order valence-corrected chi connectivity index (χ0v) is 33.1. The highest BCUT2D eigenvalue weighted by Crippen LogP contribution is 2.50. The van der Waals surface area contributed by atoms with Crippen LogP contribution in [0.5, 0.6) is 0 Å². The van der Waals surface area contributed by atoms with Crippen molar-refractivity contribution in [3.05, 3.63) is 218 Å². The average molecular weight is 745 g/mol. The van der Waals surface area contributed by atoms with Crippen LogP contribution in [0.1, 0.15) is 26.3 Å². The summed E-state index contributed by atoms with van der Waals surface area (Å²) in [4.78, 5) is 2.52. The van der Waals surface area contributed by atoms with Gasteiger partial charge in [-0.3, -0.25) is 0 Å². The number of nitrogens with zero attached hydrogens (tertiary/aromatic N) is 2. The summed E-state index contributed by atoms with van der Waals surface area (Å²) in [6.07, 6.45) is 0. The van der Waals surface area contributed by atoms with Crippen molar-refractivity contribution in [3.8, 4) is 39.1 Å². The minimum atomic E-state index is 0.0582. The van der Waals surface area contributed by atoms with Crippen LogP contribution in [0.3, 0.4) is 0 Å². The molecule has 0 fully saturated rings. The predicted octanol–water partition coefficient (Wildman–Crippen LogP) is 15.7. The van der Waals surface area contributed by atoms with Crippen molar-refractivity contribution >= 4 is 49.6 Å². The first kappa shape index (κ1) is 35.3. The number of rotatable bonds is 7. The molecular weight excluding hydrogens is 701 g/mol. The monoisotopic (exact) mass is 744 g/mol. The van der Waals surface area contributed by atoms with E-state index in [9.17, 15) is 0 Å². The normalized spacial score (nSPS) is 11.7. The Balaban J connectivity index is 1.30. The van der Waals surface area contributed by atoms with E-state index in [1.165, 1.54) is 60.4 Å². The molecule has 0 spiro atoms. The Labute approximate surface area is 340 Å². The molecule has 0 N–H and O–H groups in total. The highest BCUT2D eigenvalue weighted by Gasteiger charge is 2.26. The summed E-state index contributed by atoms with van der Waals surface area (Å²) >= 11 is 0. The van der Waals surface area contributed by atoms with Gasteiger partial charge < -0.3 is 9.47 Å². The molecule has 58 heavy (non-hydrogen) atoms. The average Bonchev–Trinajstić information content (AvgIpc) is 3.62. The maximum Gasteiger partial charge on any atom is 0.0562 e. The van der Waals surface area contributed by atoms with Gasteiger partial charge in [0.05, 0.1) is 28.1 Å². The molecule has 0 atom stereocenters. The summed E-state index contributed by atoms with van der Waals surface area (Å²) < 4.78 is 2.41. The van der Waals surface area contributed by atoms with E-state index < -0.39 is 0 Å². The second-order valence-corrected chi connectivity index (χ2v) is 16.1. The van der Waals surface area contributed by atoms with Crippen molar-refractivity contribution in [2.45, 2.75) is 26.2 Å². The summed E-state index contributed by atoms with van der Waals surface area (Å²) in [5.41, 5.74) is 15.4. The van der Waals surface area contributed by atoms with Gasteiger partial charge in [0, 0.05) is 27.6 Å². The Hall–Kier alpha value is -7.16. The number of hydrogen-bond donors (Lipinski definition) is 0. The maximum atomic E-state index is 2.52. The number of aromatic nitrogens is 1. The number of para-hydroxylation sites is 4. The van der Waals surface area contributed by atoms with E-state index in [0.29, 0.717) is 0 Å². The molecule has 278 valence electrons. The van der Waals surface area contributed by atoms with Crippen LogP contribution in [-0.2, 0) is 5.41 Å². The molecule has 0 saturated carbocycles. The van der Waals surface area contributed by atoms with Crippen molar-refractivity contribution in [1.82, 2.24) is 4.57 Å². The third-order valence-electron chi connectivity index (χ3n) is 11.6. The number of hydrogen-bond acceptors (Lipinski definition) is 1. The maximum absolute atomic E-state index is 2.52. The van der Waals surface area contributed by atoms with Gasteiger partial charge in [0.15, 0.2) is 0 Å². The first-order valence-electron chi connectivity index (χ1n) is 20.2. The van der Waals surface area contributed by atoms with Crippen LogP contribution >= 0.6 is 0 Å². The number of fused-ring (bicyclic) bond motifs is 4. The Morgan fingerprint density at radius 2 is 0.879 bits per heavy atom. The van der Waals surface area contributed by atoms with Gasteiger partial charge in [-0.05, 0) is 86.5 Å². The van der Waals surface area contributed by atoms with Crippen molar-refractivity contribution in [2.24, 2.45) is 0 Å². The van der Waals surface area contributed by atoms with Gasteiger partial charge in [-0.25, -0.2) is 0 Å². The lowest BCUT2D eigenvalue weighted by Crippen LogP contribution is -2.13. The standard InChI is InChI=1S/C56H44N2/c1-56(2,3)42-37-35-40(36-38-42)44-25-10-13-30-49(44)58(53-34-18-33-52-55(53)48-27-12-15-32-51(48)57(52)43-23-8-5-9-24-43)50-31-14-11-26-46(50)47-29-17-22-41-21-16-28-45(54(41)47)39-19-6-4-7-20-39/h4-38H,1-3H3. The quantitative estimate of drug-likeness (QED) is 0.158. The Bertz CT molecular complexity index is 3070. The second-order valence-electron chi connectivity index (χ2n) is 16.1. The van der Waals surface area contributed by atoms with Crippen LogP contribution in [0.25, 0.3) is 71.6 Å². The summed E-state index contributed by atoms with van der Waals surface area (Å²) in [6, 6.07) is 77.6. The highest BCUT2D eigenvalue weighted by atomic mass is 15.2. The van der Waals surface area contributed by atoms with Crippen LogP contribution in [0.15, 0.2) is 212 Å². The van der Waals surface area contributed by atoms with Gasteiger partial charge in [-0.1, -0.05) is 191 Å². The van der Waals surface area contributed by atoms with Gasteiger partial charge in [0.2, 0.25) is 0 Å². The predicted molar refractivity (Wildman–Crippen MR) is 248 cm³/mol. The van der Waals surface area contributed by atoms with E-state index >= 15 is 0 Å². The molecule has 1 aromatic heterocycles. The summed E-state index contributed by atoms with van der Waals surface area (Å²) in [7, 11) is 0. The molecule has 0 aliphatic rings. The van der Waals surface area contributed by atoms with E-state index in [0.717, 1.165) is 33.8 Å². The van der Waals surface area contributed by atoms with Crippen molar-refractivity contribution in [2.75, 3.05) is 4.90 Å². The molecule has 0 aliphatic carbocycles. The van der Waals surface area contributed by atoms with Gasteiger partial charge in [-0.2, -0.15) is 0 Å². The van der Waals surface area contributed by atoms with Gasteiger partial charge in [0.1, 0.15) is 0 Å². The lowest BCUT2D eigenvalue weighted by Gasteiger charge is -2.31. The molecule has 0 aliphatic heterocycles. The Morgan fingerprint density at radius 1 is 0.362 bits per heavy atom. The molecule has 0 saturated heterocycles. The lowest BCUT2D eigenvalue weighted by atomic mass is 9.86. The largest absolute Gasteiger partial charge is 0.309 e. The molecule has 2 nitrogen and oxygen atoms in total. The molecule has 2 heteroatoms. The van der Waals surface area contributed by atoms with Gasteiger partial charge >= 0.3 is 0 Å². The molecular formula is C56H44N2. The molecule has 10 aromatic rings. The molecule has 0 amide bonds. The summed E-state index contributed by atoms with van der Waals surface area (Å²) in [5, 5.41) is 4.88. The van der Waals surface area contributed by atoms with E-state index in [1.807, 2.05) is 0 Å². The highest BCUT2D eigenvalue weighted by molar-refractivity contribution is 6.18. The first-order chi connectivity index (χ1) is 28.5. The summed E-state index contributed by atoms with van der Waals surface area (Å²) in [6.45, 7) is 6.83. The topological polar surface area (TPSA) is 8.17 Å². The zero-order valence-electron chi connectivity index (χ0n) is 33.1. The van der Waals surface area contributed by atoms with Crippen molar-refractivity contribution in [1.29, 1.82) is 0 Å². The summed E-state index contributed by atoms with van der Waals surface area (Å²) in [5.74, 6) is 0. The van der Waals surface area contributed by atoms with E-state index in [1.54, 1.807) is 0 Å². The van der Waals surface area contributed by atoms with Gasteiger partial charge in [-0.15, -0.1) is 0 Å². The lowest BCUT2D eigenvalue weighted by molar-refractivity contribution is 0.590. The van der Waals surface area contributed by atoms with Crippen LogP contribution in [-0.4, -0.2) is 4.57 Å². The SMILES string of the molecule is CC(C)(C)c1ccc(-c2ccccc2N(c2ccccc2-c2cccc3cccc(-c4ccccc4)c23)c2cccc3c2c2ccccc2n3-c2ccccc2)cc1. The van der Waals surface area contributed by atoms with Crippen molar-refractivity contribution in [3.63, 3.8) is 0 Å². The second kappa shape index (κ2) is 14.4. The number of anilines is 3. The Morgan fingerprint density at radius 3 is 1.60 bits per heavy atom. The van der Waals surface area contributed by atoms with Crippen LogP contribution in [0, 0.1) is 0 Å². The van der Waals surface area contributed by atoms with E-state index in [-0.39, 0.29) is 5.41 Å².